The summed E-state index contributed by atoms with van der Waals surface area (Å²) in [6.45, 7) is 2.07. The van der Waals surface area contributed by atoms with E-state index in [1.54, 1.807) is 93.8 Å². The molecule has 0 saturated carbocycles. The second kappa shape index (κ2) is 12.9. The molecule has 4 N–H and O–H groups in total. The number of amides is 3. The van der Waals surface area contributed by atoms with Crippen molar-refractivity contribution in [3.8, 4) is 23.3 Å². The number of aliphatic hydroxyl groups is 1. The molecule has 216 valence electrons. The van der Waals surface area contributed by atoms with Gasteiger partial charge in [-0.05, 0) is 74.5 Å². The van der Waals surface area contributed by atoms with Crippen LogP contribution in [-0.4, -0.2) is 65.1 Å². The molecule has 3 aromatic carbocycles. The third-order valence-corrected chi connectivity index (χ3v) is 6.27. The molecule has 0 atom stereocenters. The number of carbonyl (C=O) groups excluding carboxylic acids is 3. The molecule has 3 amide bonds. The van der Waals surface area contributed by atoms with Gasteiger partial charge in [0.1, 0.15) is 42.1 Å². The van der Waals surface area contributed by atoms with Crippen molar-refractivity contribution in [1.82, 2.24) is 15.2 Å². The van der Waals surface area contributed by atoms with E-state index in [4.69, 9.17) is 9.47 Å². The van der Waals surface area contributed by atoms with Crippen LogP contribution < -0.4 is 20.1 Å². The number of methoxy groups -OCH3 is 1. The van der Waals surface area contributed by atoms with Crippen molar-refractivity contribution in [2.45, 2.75) is 19.4 Å². The minimum absolute atomic E-state index is 0.120. The highest BCUT2D eigenvalue weighted by atomic mass is 16.5. The van der Waals surface area contributed by atoms with Gasteiger partial charge in [-0.25, -0.2) is 0 Å². The third kappa shape index (κ3) is 7.44. The average Bonchev–Trinajstić information content (AvgIpc) is 3.42. The molecule has 0 aliphatic carbocycles. The standard InChI is InChI=1S/C31H31N5O6/c1-31(2,19-37)35-28(39)18-36(30(40)26-15-20-5-4-6-21(16-32)29(20)34-26)17-27(38)33-22-7-9-24(10-8-22)42-25-13-11-23(41-3)12-14-25/h4-15,34,37H,17-19H2,1-3H3,(H,33,38)(H,35,39). The van der Waals surface area contributed by atoms with Gasteiger partial charge in [-0.1, -0.05) is 12.1 Å². The Morgan fingerprint density at radius 3 is 2.19 bits per heavy atom. The molecule has 0 spiro atoms. The van der Waals surface area contributed by atoms with E-state index in [2.05, 4.69) is 21.7 Å². The van der Waals surface area contributed by atoms with Gasteiger partial charge in [-0.3, -0.25) is 14.4 Å². The topological polar surface area (TPSA) is 157 Å². The van der Waals surface area contributed by atoms with Crippen LogP contribution in [0.4, 0.5) is 5.69 Å². The Kier molecular flexibility index (Phi) is 9.09. The molecule has 1 heterocycles. The van der Waals surface area contributed by atoms with Crippen LogP contribution in [-0.2, 0) is 9.59 Å². The number of H-pyrrole nitrogens is 1. The maximum absolute atomic E-state index is 13.5. The summed E-state index contributed by atoms with van der Waals surface area (Å²) in [6.07, 6.45) is 0. The monoisotopic (exact) mass is 569 g/mol. The van der Waals surface area contributed by atoms with Crippen molar-refractivity contribution < 1.29 is 29.0 Å². The summed E-state index contributed by atoms with van der Waals surface area (Å²) in [4.78, 5) is 43.3. The Morgan fingerprint density at radius 1 is 0.952 bits per heavy atom. The number of aromatic amines is 1. The zero-order chi connectivity index (χ0) is 30.3. The summed E-state index contributed by atoms with van der Waals surface area (Å²) in [5.41, 5.74) is 0.500. The van der Waals surface area contributed by atoms with Crippen LogP contribution in [0.2, 0.25) is 0 Å². The quantitative estimate of drug-likeness (QED) is 0.214. The number of para-hydroxylation sites is 1. The van der Waals surface area contributed by atoms with E-state index in [1.165, 1.54) is 0 Å². The first-order chi connectivity index (χ1) is 20.1. The van der Waals surface area contributed by atoms with Crippen molar-refractivity contribution in [2.75, 3.05) is 32.1 Å². The summed E-state index contributed by atoms with van der Waals surface area (Å²) in [7, 11) is 1.58. The molecule has 0 fully saturated rings. The van der Waals surface area contributed by atoms with Gasteiger partial charge in [0.2, 0.25) is 11.8 Å². The predicted molar refractivity (Wildman–Crippen MR) is 156 cm³/mol. The Bertz CT molecular complexity index is 1620. The molecule has 42 heavy (non-hydrogen) atoms. The van der Waals surface area contributed by atoms with E-state index in [0.29, 0.717) is 39.4 Å². The highest BCUT2D eigenvalue weighted by Gasteiger charge is 2.26. The fourth-order valence-corrected chi connectivity index (χ4v) is 4.12. The van der Waals surface area contributed by atoms with Gasteiger partial charge in [0.15, 0.2) is 0 Å². The Balaban J connectivity index is 1.48. The molecule has 4 aromatic rings. The summed E-state index contributed by atoms with van der Waals surface area (Å²) in [6, 6.07) is 22.5. The lowest BCUT2D eigenvalue weighted by Gasteiger charge is -2.26. The maximum Gasteiger partial charge on any atom is 0.271 e. The first-order valence-corrected chi connectivity index (χ1v) is 13.1. The molecule has 11 heteroatoms. The van der Waals surface area contributed by atoms with E-state index >= 15 is 0 Å². The summed E-state index contributed by atoms with van der Waals surface area (Å²) < 4.78 is 11.0. The van der Waals surface area contributed by atoms with Crippen molar-refractivity contribution in [3.63, 3.8) is 0 Å². The number of benzene rings is 3. The van der Waals surface area contributed by atoms with Crippen molar-refractivity contribution >= 4 is 34.3 Å². The number of fused-ring (bicyclic) bond motifs is 1. The lowest BCUT2D eigenvalue weighted by atomic mass is 10.1. The van der Waals surface area contributed by atoms with Crippen LogP contribution >= 0.6 is 0 Å². The number of rotatable bonds is 11. The van der Waals surface area contributed by atoms with Crippen LogP contribution in [0.5, 0.6) is 17.2 Å². The van der Waals surface area contributed by atoms with Gasteiger partial charge in [0.25, 0.3) is 5.91 Å². The molecule has 0 unspecified atom stereocenters. The number of aromatic nitrogens is 1. The van der Waals surface area contributed by atoms with E-state index in [1.807, 2.05) is 0 Å². The fourth-order valence-electron chi connectivity index (χ4n) is 4.12. The lowest BCUT2D eigenvalue weighted by molar-refractivity contribution is -0.124. The predicted octanol–water partition coefficient (Wildman–Crippen LogP) is 3.81. The normalized spacial score (nSPS) is 10.9. The van der Waals surface area contributed by atoms with Gasteiger partial charge < -0.3 is 35.1 Å². The zero-order valence-corrected chi connectivity index (χ0v) is 23.4. The SMILES string of the molecule is COc1ccc(Oc2ccc(NC(=O)CN(CC(=O)NC(C)(C)CO)C(=O)c3cc4cccc(C#N)c4[nH]3)cc2)cc1. The van der Waals surface area contributed by atoms with Crippen molar-refractivity contribution in [1.29, 1.82) is 5.26 Å². The number of anilines is 1. The molecule has 0 bridgehead atoms. The molecular formula is C31H31N5O6. The molecule has 1 aromatic heterocycles. The van der Waals surface area contributed by atoms with Crippen LogP contribution in [0, 0.1) is 11.3 Å². The molecule has 0 aliphatic heterocycles. The molecule has 0 aliphatic rings. The lowest BCUT2D eigenvalue weighted by Crippen LogP contribution is -2.51. The van der Waals surface area contributed by atoms with Gasteiger partial charge in [0, 0.05) is 11.1 Å². The Morgan fingerprint density at radius 2 is 1.57 bits per heavy atom. The first kappa shape index (κ1) is 29.6. The molecule has 11 nitrogen and oxygen atoms in total. The van der Waals surface area contributed by atoms with Gasteiger partial charge in [0.05, 0.1) is 30.3 Å². The van der Waals surface area contributed by atoms with Crippen LogP contribution in [0.3, 0.4) is 0 Å². The number of nitriles is 1. The number of nitrogens with zero attached hydrogens (tertiary/aromatic N) is 2. The second-order valence-electron chi connectivity index (χ2n) is 10.2. The van der Waals surface area contributed by atoms with Gasteiger partial charge in [-0.15, -0.1) is 0 Å². The Hall–Kier alpha value is -5.34. The third-order valence-electron chi connectivity index (χ3n) is 6.27. The number of carbonyl (C=O) groups is 3. The van der Waals surface area contributed by atoms with E-state index in [-0.39, 0.29) is 12.3 Å². The van der Waals surface area contributed by atoms with Gasteiger partial charge >= 0.3 is 0 Å². The molecule has 4 rings (SSSR count). The highest BCUT2D eigenvalue weighted by molar-refractivity contribution is 6.03. The molecule has 0 radical (unpaired) electrons. The molecule has 0 saturated heterocycles. The number of nitrogens with one attached hydrogen (secondary N) is 3. The summed E-state index contributed by atoms with van der Waals surface area (Å²) in [5, 5.41) is 25.0. The maximum atomic E-state index is 13.5. The molecular weight excluding hydrogens is 538 g/mol. The van der Waals surface area contributed by atoms with Gasteiger partial charge in [-0.2, -0.15) is 5.26 Å². The largest absolute Gasteiger partial charge is 0.497 e. The second-order valence-corrected chi connectivity index (χ2v) is 10.2. The summed E-state index contributed by atoms with van der Waals surface area (Å²) in [5.74, 6) is 0.181. The smallest absolute Gasteiger partial charge is 0.271 e. The summed E-state index contributed by atoms with van der Waals surface area (Å²) >= 11 is 0. The van der Waals surface area contributed by atoms with E-state index in [9.17, 15) is 24.8 Å². The average molecular weight is 570 g/mol. The zero-order valence-electron chi connectivity index (χ0n) is 23.4. The van der Waals surface area contributed by atoms with Crippen molar-refractivity contribution in [3.05, 3.63) is 84.1 Å². The number of hydrogen-bond donors (Lipinski definition) is 4. The minimum atomic E-state index is -0.924. The first-order valence-electron chi connectivity index (χ1n) is 13.1. The fraction of sp³-hybridized carbons (Fsp3) is 0.226. The minimum Gasteiger partial charge on any atom is -0.497 e. The number of aliphatic hydroxyl groups excluding tert-OH is 1. The highest BCUT2D eigenvalue weighted by Crippen LogP contribution is 2.25. The van der Waals surface area contributed by atoms with E-state index < -0.39 is 36.3 Å². The van der Waals surface area contributed by atoms with Crippen LogP contribution in [0.25, 0.3) is 10.9 Å². The Labute approximate surface area is 242 Å². The number of hydrogen-bond acceptors (Lipinski definition) is 7. The van der Waals surface area contributed by atoms with E-state index in [0.717, 1.165) is 4.90 Å². The number of ether oxygens (including phenoxy) is 2. The van der Waals surface area contributed by atoms with Crippen LogP contribution in [0.1, 0.15) is 29.9 Å². The van der Waals surface area contributed by atoms with Crippen molar-refractivity contribution in [2.24, 2.45) is 0 Å². The van der Waals surface area contributed by atoms with Crippen LogP contribution in [0.15, 0.2) is 72.8 Å².